The van der Waals surface area contributed by atoms with Crippen molar-refractivity contribution in [3.05, 3.63) is 0 Å². The molecule has 0 atom stereocenters. The summed E-state index contributed by atoms with van der Waals surface area (Å²) in [6.45, 7) is 0.782. The van der Waals surface area contributed by atoms with Crippen LogP contribution < -0.4 is 0 Å². The maximum atomic E-state index is 10.2. The third-order valence-electron chi connectivity index (χ3n) is 1.11. The van der Waals surface area contributed by atoms with Crippen LogP contribution in [0.3, 0.4) is 0 Å². The van der Waals surface area contributed by atoms with Crippen LogP contribution in [-0.4, -0.2) is 34.6 Å². The van der Waals surface area contributed by atoms with Gasteiger partial charge in [-0.15, -0.1) is 0 Å². The third-order valence-corrected chi connectivity index (χ3v) is 1.35. The molecule has 1 N–H and O–H groups in total. The summed E-state index contributed by atoms with van der Waals surface area (Å²) < 4.78 is 0. The van der Waals surface area contributed by atoms with Gasteiger partial charge in [-0.2, -0.15) is 0 Å². The molecular formula is C4H6ClNO2. The van der Waals surface area contributed by atoms with Crippen molar-refractivity contribution in [2.45, 2.75) is 6.10 Å². The summed E-state index contributed by atoms with van der Waals surface area (Å²) in [6, 6.07) is 0. The molecule has 0 saturated carbocycles. The van der Waals surface area contributed by atoms with E-state index < -0.39 is 5.37 Å². The molecule has 0 aliphatic carbocycles. The Labute approximate surface area is 51.8 Å². The van der Waals surface area contributed by atoms with Crippen molar-refractivity contribution in [1.82, 2.24) is 4.90 Å². The Hall–Kier alpha value is -0.280. The standard InChI is InChI=1S/C4H6ClNO2/c5-4(8)6-1-3(7)2-6/h3,7H,1-2H2. The number of nitrogens with zero attached hydrogens (tertiary/aromatic N) is 1. The second-order valence-electron chi connectivity index (χ2n) is 1.81. The normalized spacial score (nSPS) is 20.5. The van der Waals surface area contributed by atoms with Crippen molar-refractivity contribution in [3.63, 3.8) is 0 Å². The number of hydrogen-bond acceptors (Lipinski definition) is 2. The van der Waals surface area contributed by atoms with Gasteiger partial charge in [0.25, 0.3) is 0 Å². The zero-order chi connectivity index (χ0) is 6.15. The molecule has 1 fully saturated rings. The highest BCUT2D eigenvalue weighted by Crippen LogP contribution is 2.09. The van der Waals surface area contributed by atoms with Crippen LogP contribution >= 0.6 is 11.6 Å². The summed E-state index contributed by atoms with van der Waals surface area (Å²) in [5.74, 6) is 0. The lowest BCUT2D eigenvalue weighted by Crippen LogP contribution is -2.51. The molecular weight excluding hydrogens is 130 g/mol. The quantitative estimate of drug-likeness (QED) is 0.376. The van der Waals surface area contributed by atoms with Crippen LogP contribution in [0.4, 0.5) is 4.79 Å². The first-order chi connectivity index (χ1) is 3.70. The van der Waals surface area contributed by atoms with Gasteiger partial charge in [0.05, 0.1) is 6.10 Å². The van der Waals surface area contributed by atoms with E-state index in [1.807, 2.05) is 0 Å². The molecule has 8 heavy (non-hydrogen) atoms. The Morgan fingerprint density at radius 1 is 1.75 bits per heavy atom. The minimum absolute atomic E-state index is 0.349. The highest BCUT2D eigenvalue weighted by molar-refractivity contribution is 6.62. The van der Waals surface area contributed by atoms with Crippen molar-refractivity contribution < 1.29 is 9.90 Å². The summed E-state index contributed by atoms with van der Waals surface area (Å²) in [4.78, 5) is 11.5. The molecule has 0 radical (unpaired) electrons. The number of hydrogen-bond donors (Lipinski definition) is 1. The van der Waals surface area contributed by atoms with Crippen LogP contribution in [0.5, 0.6) is 0 Å². The van der Waals surface area contributed by atoms with Crippen molar-refractivity contribution in [2.75, 3.05) is 13.1 Å². The van der Waals surface area contributed by atoms with E-state index in [1.165, 1.54) is 4.90 Å². The Kier molecular flexibility index (Phi) is 1.40. The first kappa shape index (κ1) is 5.85. The number of amides is 1. The van der Waals surface area contributed by atoms with Crippen molar-refractivity contribution >= 4 is 17.0 Å². The molecule has 1 aliphatic rings. The fraction of sp³-hybridized carbons (Fsp3) is 0.750. The number of aliphatic hydroxyl groups excluding tert-OH is 1. The SMILES string of the molecule is O=C(Cl)N1CC(O)C1. The molecule has 0 bridgehead atoms. The lowest BCUT2D eigenvalue weighted by molar-refractivity contribution is 0.0342. The molecule has 0 aromatic rings. The van der Waals surface area contributed by atoms with Crippen LogP contribution in [0.15, 0.2) is 0 Å². The van der Waals surface area contributed by atoms with Gasteiger partial charge in [-0.3, -0.25) is 4.79 Å². The predicted molar refractivity (Wildman–Crippen MR) is 28.8 cm³/mol. The maximum absolute atomic E-state index is 10.2. The average molecular weight is 136 g/mol. The molecule has 46 valence electrons. The Morgan fingerprint density at radius 3 is 2.38 bits per heavy atom. The molecule has 1 saturated heterocycles. The van der Waals surface area contributed by atoms with Gasteiger partial charge in [-0.1, -0.05) is 0 Å². The van der Waals surface area contributed by atoms with Gasteiger partial charge < -0.3 is 10.0 Å². The number of halogens is 1. The van der Waals surface area contributed by atoms with Crippen LogP contribution in [-0.2, 0) is 0 Å². The lowest BCUT2D eigenvalue weighted by Gasteiger charge is -2.33. The summed E-state index contributed by atoms with van der Waals surface area (Å²) in [5, 5.41) is 8.14. The third kappa shape index (κ3) is 0.928. The van der Waals surface area contributed by atoms with Crippen molar-refractivity contribution in [1.29, 1.82) is 0 Å². The average Bonchev–Trinajstić information content (AvgIpc) is 1.57. The van der Waals surface area contributed by atoms with Crippen molar-refractivity contribution in [3.8, 4) is 0 Å². The summed E-state index contributed by atoms with van der Waals surface area (Å²) in [5.41, 5.74) is 0. The van der Waals surface area contributed by atoms with Gasteiger partial charge >= 0.3 is 5.37 Å². The van der Waals surface area contributed by atoms with Crippen LogP contribution in [0, 0.1) is 0 Å². The fourth-order valence-electron chi connectivity index (χ4n) is 0.599. The zero-order valence-corrected chi connectivity index (χ0v) is 4.93. The van der Waals surface area contributed by atoms with Gasteiger partial charge in [0.1, 0.15) is 0 Å². The number of rotatable bonds is 0. The van der Waals surface area contributed by atoms with Gasteiger partial charge in [0.2, 0.25) is 0 Å². The van der Waals surface area contributed by atoms with Gasteiger partial charge in [-0.05, 0) is 11.6 Å². The number of aliphatic hydroxyl groups is 1. The number of likely N-dealkylation sites (tertiary alicyclic amines) is 1. The van der Waals surface area contributed by atoms with Crippen LogP contribution in [0.25, 0.3) is 0 Å². The van der Waals surface area contributed by atoms with Gasteiger partial charge in [0.15, 0.2) is 0 Å². The minimum Gasteiger partial charge on any atom is -0.389 e. The Balaban J connectivity index is 2.25. The maximum Gasteiger partial charge on any atom is 0.316 e. The van der Waals surface area contributed by atoms with E-state index in [0.717, 1.165) is 0 Å². The molecule has 0 aromatic heterocycles. The number of β-amino-alcohol motifs (C(OH)–C–C–N with tert-alkyl or cyclic N) is 1. The Bertz CT molecular complexity index is 111. The topological polar surface area (TPSA) is 40.5 Å². The zero-order valence-electron chi connectivity index (χ0n) is 4.17. The van der Waals surface area contributed by atoms with Gasteiger partial charge in [-0.25, -0.2) is 0 Å². The molecule has 0 spiro atoms. The summed E-state index contributed by atoms with van der Waals surface area (Å²) in [7, 11) is 0. The Morgan fingerprint density at radius 2 is 2.25 bits per heavy atom. The molecule has 1 heterocycles. The van der Waals surface area contributed by atoms with E-state index in [2.05, 4.69) is 0 Å². The minimum atomic E-state index is -0.477. The van der Waals surface area contributed by atoms with E-state index in [4.69, 9.17) is 16.7 Å². The molecule has 0 unspecified atom stereocenters. The fourth-order valence-corrected chi connectivity index (χ4v) is 0.737. The summed E-state index contributed by atoms with van der Waals surface area (Å²) in [6.07, 6.45) is -0.349. The van der Waals surface area contributed by atoms with E-state index in [-0.39, 0.29) is 6.10 Å². The number of carbonyl (C=O) groups excluding carboxylic acids is 1. The monoisotopic (exact) mass is 135 g/mol. The van der Waals surface area contributed by atoms with Crippen LogP contribution in [0.2, 0.25) is 0 Å². The highest BCUT2D eigenvalue weighted by Gasteiger charge is 2.27. The lowest BCUT2D eigenvalue weighted by atomic mass is 10.2. The van der Waals surface area contributed by atoms with Gasteiger partial charge in [0, 0.05) is 13.1 Å². The predicted octanol–water partition coefficient (Wildman–Crippen LogP) is 0.0217. The smallest absolute Gasteiger partial charge is 0.316 e. The first-order valence-electron chi connectivity index (χ1n) is 2.32. The van der Waals surface area contributed by atoms with E-state index in [9.17, 15) is 4.79 Å². The van der Waals surface area contributed by atoms with Crippen molar-refractivity contribution in [2.24, 2.45) is 0 Å². The largest absolute Gasteiger partial charge is 0.389 e. The highest BCUT2D eigenvalue weighted by atomic mass is 35.5. The van der Waals surface area contributed by atoms with E-state index in [0.29, 0.717) is 13.1 Å². The van der Waals surface area contributed by atoms with E-state index >= 15 is 0 Å². The number of carbonyl (C=O) groups is 1. The molecule has 1 rings (SSSR count). The summed E-state index contributed by atoms with van der Waals surface area (Å²) >= 11 is 5.02. The molecule has 1 amide bonds. The molecule has 4 heteroatoms. The van der Waals surface area contributed by atoms with Crippen LogP contribution in [0.1, 0.15) is 0 Å². The second-order valence-corrected chi connectivity index (χ2v) is 2.14. The molecule has 0 aromatic carbocycles. The molecule has 3 nitrogen and oxygen atoms in total. The molecule has 1 aliphatic heterocycles. The first-order valence-corrected chi connectivity index (χ1v) is 2.70. The van der Waals surface area contributed by atoms with E-state index in [1.54, 1.807) is 0 Å². The second kappa shape index (κ2) is 1.91.